The van der Waals surface area contributed by atoms with E-state index in [9.17, 15) is 0 Å². The van der Waals surface area contributed by atoms with Crippen molar-refractivity contribution in [2.45, 2.75) is 25.8 Å². The van der Waals surface area contributed by atoms with Gasteiger partial charge in [-0.15, -0.1) is 10.2 Å². The summed E-state index contributed by atoms with van der Waals surface area (Å²) in [5, 5.41) is 17.8. The Morgan fingerprint density at radius 1 is 1.25 bits per heavy atom. The summed E-state index contributed by atoms with van der Waals surface area (Å²) in [7, 11) is 0. The van der Waals surface area contributed by atoms with E-state index < -0.39 is 0 Å². The summed E-state index contributed by atoms with van der Waals surface area (Å²) < 4.78 is 7.77. The van der Waals surface area contributed by atoms with Crippen LogP contribution in [-0.2, 0) is 6.54 Å². The number of anilines is 1. The van der Waals surface area contributed by atoms with Crippen LogP contribution in [0, 0.1) is 12.8 Å². The van der Waals surface area contributed by atoms with Gasteiger partial charge in [0.15, 0.2) is 5.65 Å². The fourth-order valence-corrected chi connectivity index (χ4v) is 3.90. The van der Waals surface area contributed by atoms with Gasteiger partial charge < -0.3 is 10.1 Å². The number of pyridine rings is 1. The van der Waals surface area contributed by atoms with Crippen LogP contribution in [0.1, 0.15) is 28.0 Å². The van der Waals surface area contributed by atoms with Gasteiger partial charge in [0.2, 0.25) is 5.88 Å². The molecule has 2 atom stereocenters. The van der Waals surface area contributed by atoms with Gasteiger partial charge in [0.05, 0.1) is 19.3 Å². The predicted molar refractivity (Wildman–Crippen MR) is 106 cm³/mol. The van der Waals surface area contributed by atoms with Crippen LogP contribution < -0.4 is 10.1 Å². The first kappa shape index (κ1) is 17.1. The third-order valence-corrected chi connectivity index (χ3v) is 5.60. The van der Waals surface area contributed by atoms with Gasteiger partial charge in [0, 0.05) is 35.9 Å². The zero-order chi connectivity index (χ0) is 18.9. The SMILES string of the molecule is Cc1nnc(CNc2cc(OC[C@@H]3C[C@H]3c3ccccn3)nc3ccnn23)s1. The van der Waals surface area contributed by atoms with Crippen molar-refractivity contribution >= 4 is 22.8 Å². The van der Waals surface area contributed by atoms with Gasteiger partial charge in [-0.1, -0.05) is 17.4 Å². The van der Waals surface area contributed by atoms with Crippen molar-refractivity contribution in [3.63, 3.8) is 0 Å². The highest BCUT2D eigenvalue weighted by atomic mass is 32.1. The van der Waals surface area contributed by atoms with Crippen molar-refractivity contribution in [2.24, 2.45) is 5.92 Å². The van der Waals surface area contributed by atoms with E-state index in [2.05, 4.69) is 36.6 Å². The molecule has 0 aromatic carbocycles. The van der Waals surface area contributed by atoms with Gasteiger partial charge in [0.25, 0.3) is 0 Å². The predicted octanol–water partition coefficient (Wildman–Crippen LogP) is 3.08. The number of hydrogen-bond donors (Lipinski definition) is 1. The van der Waals surface area contributed by atoms with E-state index in [1.54, 1.807) is 22.0 Å². The minimum Gasteiger partial charge on any atom is -0.477 e. The summed E-state index contributed by atoms with van der Waals surface area (Å²) in [5.41, 5.74) is 1.88. The topological polar surface area (TPSA) is 90.1 Å². The van der Waals surface area contributed by atoms with Gasteiger partial charge in [-0.25, -0.2) is 0 Å². The second kappa shape index (κ2) is 7.16. The molecule has 4 aromatic heterocycles. The molecule has 0 aliphatic heterocycles. The first-order valence-corrected chi connectivity index (χ1v) is 9.99. The van der Waals surface area contributed by atoms with Crippen LogP contribution in [0.2, 0.25) is 0 Å². The van der Waals surface area contributed by atoms with Gasteiger partial charge in [-0.2, -0.15) is 14.6 Å². The number of rotatable bonds is 7. The summed E-state index contributed by atoms with van der Waals surface area (Å²) in [6, 6.07) is 9.80. The summed E-state index contributed by atoms with van der Waals surface area (Å²) >= 11 is 1.57. The van der Waals surface area contributed by atoms with Gasteiger partial charge in [-0.3, -0.25) is 4.98 Å². The van der Waals surface area contributed by atoms with E-state index in [0.717, 1.165) is 33.6 Å². The van der Waals surface area contributed by atoms with E-state index in [4.69, 9.17) is 4.74 Å². The van der Waals surface area contributed by atoms with Crippen LogP contribution in [0.25, 0.3) is 5.65 Å². The Bertz CT molecular complexity index is 1090. The summed E-state index contributed by atoms with van der Waals surface area (Å²) in [4.78, 5) is 9.00. The normalized spacial score (nSPS) is 18.3. The molecule has 0 radical (unpaired) electrons. The monoisotopic (exact) mass is 393 g/mol. The molecule has 142 valence electrons. The minimum atomic E-state index is 0.484. The summed E-state index contributed by atoms with van der Waals surface area (Å²) in [6.07, 6.45) is 4.68. The maximum atomic E-state index is 6.01. The first-order chi connectivity index (χ1) is 13.8. The first-order valence-electron chi connectivity index (χ1n) is 9.17. The van der Waals surface area contributed by atoms with Crippen molar-refractivity contribution in [2.75, 3.05) is 11.9 Å². The van der Waals surface area contributed by atoms with E-state index in [-0.39, 0.29) is 0 Å². The standard InChI is InChI=1S/C19H19N7OS/c1-12-24-25-19(28-12)10-21-17-9-18(23-16-5-7-22-26(16)17)27-11-13-8-14(13)15-4-2-3-6-20-15/h2-7,9,13-14,21H,8,10-11H2,1H3/t13-,14+/m0/s1. The van der Waals surface area contributed by atoms with E-state index >= 15 is 0 Å². The molecule has 4 aromatic rings. The molecule has 1 saturated carbocycles. The lowest BCUT2D eigenvalue weighted by molar-refractivity contribution is 0.286. The molecule has 4 heterocycles. The lowest BCUT2D eigenvalue weighted by Gasteiger charge is -2.10. The number of hydrogen-bond acceptors (Lipinski definition) is 8. The molecule has 0 unspecified atom stereocenters. The maximum absolute atomic E-state index is 6.01. The molecule has 0 saturated heterocycles. The molecule has 5 rings (SSSR count). The molecule has 8 nitrogen and oxygen atoms in total. The Morgan fingerprint density at radius 2 is 2.21 bits per heavy atom. The summed E-state index contributed by atoms with van der Waals surface area (Å²) in [6.45, 7) is 3.16. The Kier molecular flexibility index (Phi) is 4.36. The lowest BCUT2D eigenvalue weighted by Crippen LogP contribution is -2.08. The molecule has 1 fully saturated rings. The number of aromatic nitrogens is 6. The molecule has 1 N–H and O–H groups in total. The fourth-order valence-electron chi connectivity index (χ4n) is 3.25. The van der Waals surface area contributed by atoms with Crippen LogP contribution in [0.5, 0.6) is 5.88 Å². The zero-order valence-electron chi connectivity index (χ0n) is 15.3. The minimum absolute atomic E-state index is 0.484. The fraction of sp³-hybridized carbons (Fsp3) is 0.316. The third kappa shape index (κ3) is 3.53. The molecular weight excluding hydrogens is 374 g/mol. The van der Waals surface area contributed by atoms with E-state index in [1.807, 2.05) is 37.4 Å². The molecule has 0 bridgehead atoms. The number of nitrogens with zero attached hydrogens (tertiary/aromatic N) is 6. The second-order valence-corrected chi connectivity index (χ2v) is 8.08. The van der Waals surface area contributed by atoms with Crippen LogP contribution in [0.15, 0.2) is 42.7 Å². The number of fused-ring (bicyclic) bond motifs is 1. The molecule has 0 amide bonds. The van der Waals surface area contributed by atoms with Crippen molar-refractivity contribution in [1.29, 1.82) is 0 Å². The Balaban J connectivity index is 1.27. The highest BCUT2D eigenvalue weighted by Gasteiger charge is 2.39. The van der Waals surface area contributed by atoms with Gasteiger partial charge in [0.1, 0.15) is 15.8 Å². The molecule has 1 aliphatic carbocycles. The third-order valence-electron chi connectivity index (χ3n) is 4.76. The average Bonchev–Trinajstić information content (AvgIpc) is 3.11. The maximum Gasteiger partial charge on any atom is 0.219 e. The highest BCUT2D eigenvalue weighted by molar-refractivity contribution is 7.11. The second-order valence-electron chi connectivity index (χ2n) is 6.82. The smallest absolute Gasteiger partial charge is 0.219 e. The van der Waals surface area contributed by atoms with Crippen molar-refractivity contribution in [3.8, 4) is 5.88 Å². The zero-order valence-corrected chi connectivity index (χ0v) is 16.1. The van der Waals surface area contributed by atoms with Crippen molar-refractivity contribution < 1.29 is 4.74 Å². The van der Waals surface area contributed by atoms with Gasteiger partial charge >= 0.3 is 0 Å². The van der Waals surface area contributed by atoms with Crippen molar-refractivity contribution in [3.05, 3.63) is 58.4 Å². The summed E-state index contributed by atoms with van der Waals surface area (Å²) in [5.74, 6) is 2.38. The highest BCUT2D eigenvalue weighted by Crippen LogP contribution is 2.46. The average molecular weight is 393 g/mol. The Hall–Kier alpha value is -3.07. The molecular formula is C19H19N7OS. The Labute approximate surface area is 165 Å². The number of nitrogens with one attached hydrogen (secondary N) is 1. The molecule has 1 aliphatic rings. The van der Waals surface area contributed by atoms with Crippen molar-refractivity contribution in [1.82, 2.24) is 29.8 Å². The number of aryl methyl sites for hydroxylation is 1. The molecule has 0 spiro atoms. The molecule has 9 heteroatoms. The van der Waals surface area contributed by atoms with Gasteiger partial charge in [-0.05, 0) is 25.5 Å². The Morgan fingerprint density at radius 3 is 3.04 bits per heavy atom. The molecule has 28 heavy (non-hydrogen) atoms. The number of ether oxygens (including phenoxy) is 1. The van der Waals surface area contributed by atoms with E-state index in [0.29, 0.717) is 30.9 Å². The van der Waals surface area contributed by atoms with Crippen LogP contribution in [0.3, 0.4) is 0 Å². The van der Waals surface area contributed by atoms with Crippen LogP contribution >= 0.6 is 11.3 Å². The van der Waals surface area contributed by atoms with Crippen LogP contribution in [-0.4, -0.2) is 36.4 Å². The quantitative estimate of drug-likeness (QED) is 0.516. The largest absolute Gasteiger partial charge is 0.477 e. The van der Waals surface area contributed by atoms with Crippen LogP contribution in [0.4, 0.5) is 5.82 Å². The lowest BCUT2D eigenvalue weighted by atomic mass is 10.2. The van der Waals surface area contributed by atoms with E-state index in [1.165, 1.54) is 0 Å².